The van der Waals surface area contributed by atoms with Crippen LogP contribution in [0.4, 0.5) is 4.39 Å². The lowest BCUT2D eigenvalue weighted by Crippen LogP contribution is -2.46. The van der Waals surface area contributed by atoms with Crippen LogP contribution in [0.1, 0.15) is 37.8 Å². The molecule has 29 heavy (non-hydrogen) atoms. The first-order valence-corrected chi connectivity index (χ1v) is 10.1. The third-order valence-corrected chi connectivity index (χ3v) is 5.41. The molecule has 0 unspecified atom stereocenters. The monoisotopic (exact) mass is 393 g/mol. The summed E-state index contributed by atoms with van der Waals surface area (Å²) in [4.78, 5) is 23.9. The topological polar surface area (TPSA) is 55.3 Å². The third-order valence-electron chi connectivity index (χ3n) is 5.41. The zero-order valence-electron chi connectivity index (χ0n) is 16.4. The van der Waals surface area contributed by atoms with E-state index in [0.29, 0.717) is 19.5 Å². The Hall–Kier alpha value is -3.02. The second-order valence-corrected chi connectivity index (χ2v) is 7.37. The molecule has 2 atom stereocenters. The van der Waals surface area contributed by atoms with E-state index in [0.717, 1.165) is 29.4 Å². The number of ether oxygens (including phenoxy) is 1. The summed E-state index contributed by atoms with van der Waals surface area (Å²) < 4.78 is 19.7. The smallest absolute Gasteiger partial charge is 0.263 e. The summed E-state index contributed by atoms with van der Waals surface area (Å²) in [5, 5.41) is 1.00. The highest BCUT2D eigenvalue weighted by atomic mass is 19.1. The Bertz CT molecular complexity index is 1010. The SMILES string of the molecule is CC[C@H](Oc1ccccc1F)C(=O)N1CCC[C@@H](c2cc3ncccc3cn2)C1. The minimum atomic E-state index is -0.697. The summed E-state index contributed by atoms with van der Waals surface area (Å²) in [5.74, 6) is -0.281. The molecule has 0 saturated carbocycles. The number of hydrogen-bond acceptors (Lipinski definition) is 4. The van der Waals surface area contributed by atoms with Crippen molar-refractivity contribution in [3.63, 3.8) is 0 Å². The lowest BCUT2D eigenvalue weighted by molar-refractivity contribution is -0.140. The number of nitrogens with zero attached hydrogens (tertiary/aromatic N) is 3. The van der Waals surface area contributed by atoms with Crippen LogP contribution in [0, 0.1) is 5.82 Å². The summed E-state index contributed by atoms with van der Waals surface area (Å²) in [5.41, 5.74) is 1.87. The van der Waals surface area contributed by atoms with Gasteiger partial charge in [-0.1, -0.05) is 19.1 Å². The van der Waals surface area contributed by atoms with E-state index < -0.39 is 11.9 Å². The van der Waals surface area contributed by atoms with Gasteiger partial charge in [0.1, 0.15) is 0 Å². The maximum atomic E-state index is 13.9. The number of carbonyl (C=O) groups excluding carboxylic acids is 1. The highest BCUT2D eigenvalue weighted by molar-refractivity contribution is 5.81. The van der Waals surface area contributed by atoms with E-state index in [2.05, 4.69) is 9.97 Å². The van der Waals surface area contributed by atoms with Crippen molar-refractivity contribution in [3.05, 3.63) is 66.4 Å². The molecule has 2 aromatic heterocycles. The van der Waals surface area contributed by atoms with Crippen molar-refractivity contribution < 1.29 is 13.9 Å². The summed E-state index contributed by atoms with van der Waals surface area (Å²) in [7, 11) is 0. The van der Waals surface area contributed by atoms with Crippen LogP contribution in [0.3, 0.4) is 0 Å². The van der Waals surface area contributed by atoms with Crippen molar-refractivity contribution in [3.8, 4) is 5.75 Å². The Labute approximate surface area is 169 Å². The number of piperidine rings is 1. The van der Waals surface area contributed by atoms with Gasteiger partial charge >= 0.3 is 0 Å². The van der Waals surface area contributed by atoms with Gasteiger partial charge < -0.3 is 9.64 Å². The normalized spacial score (nSPS) is 17.9. The lowest BCUT2D eigenvalue weighted by Gasteiger charge is -2.34. The minimum Gasteiger partial charge on any atom is -0.478 e. The molecule has 1 aliphatic rings. The van der Waals surface area contributed by atoms with Crippen LogP contribution >= 0.6 is 0 Å². The molecular formula is C23H24FN3O2. The van der Waals surface area contributed by atoms with E-state index in [1.165, 1.54) is 6.07 Å². The molecular weight excluding hydrogens is 369 g/mol. The average molecular weight is 393 g/mol. The van der Waals surface area contributed by atoms with Crippen molar-refractivity contribution in [1.29, 1.82) is 0 Å². The predicted octanol–water partition coefficient (Wildman–Crippen LogP) is 4.33. The average Bonchev–Trinajstić information content (AvgIpc) is 2.78. The second-order valence-electron chi connectivity index (χ2n) is 7.37. The molecule has 150 valence electrons. The Morgan fingerprint density at radius 2 is 2.14 bits per heavy atom. The quantitative estimate of drug-likeness (QED) is 0.647. The molecule has 0 spiro atoms. The molecule has 0 aliphatic carbocycles. The highest BCUT2D eigenvalue weighted by Gasteiger charge is 2.31. The van der Waals surface area contributed by atoms with Gasteiger partial charge in [-0.25, -0.2) is 4.39 Å². The van der Waals surface area contributed by atoms with Crippen molar-refractivity contribution in [2.24, 2.45) is 0 Å². The fraction of sp³-hybridized carbons (Fsp3) is 0.348. The number of pyridine rings is 2. The Kier molecular flexibility index (Phi) is 5.69. The van der Waals surface area contributed by atoms with E-state index in [-0.39, 0.29) is 17.6 Å². The van der Waals surface area contributed by atoms with Crippen molar-refractivity contribution in [2.45, 2.75) is 38.2 Å². The first-order valence-electron chi connectivity index (χ1n) is 10.1. The molecule has 1 aliphatic heterocycles. The van der Waals surface area contributed by atoms with E-state index in [1.807, 2.05) is 36.2 Å². The van der Waals surface area contributed by atoms with Crippen molar-refractivity contribution in [2.75, 3.05) is 13.1 Å². The minimum absolute atomic E-state index is 0.0978. The number of halogens is 1. The van der Waals surface area contributed by atoms with Gasteiger partial charge in [0.2, 0.25) is 0 Å². The summed E-state index contributed by atoms with van der Waals surface area (Å²) in [6, 6.07) is 12.1. The van der Waals surface area contributed by atoms with Crippen LogP contribution in [0.15, 0.2) is 54.9 Å². The molecule has 3 aromatic rings. The van der Waals surface area contributed by atoms with Gasteiger partial charge in [-0.15, -0.1) is 0 Å². The van der Waals surface area contributed by atoms with Crippen LogP contribution < -0.4 is 4.74 Å². The first kappa shape index (κ1) is 19.3. The van der Waals surface area contributed by atoms with Gasteiger partial charge in [0.05, 0.1) is 5.52 Å². The number of para-hydroxylation sites is 1. The molecule has 1 aromatic carbocycles. The summed E-state index contributed by atoms with van der Waals surface area (Å²) in [6.45, 7) is 3.14. The zero-order valence-corrected chi connectivity index (χ0v) is 16.4. The maximum Gasteiger partial charge on any atom is 0.263 e. The van der Waals surface area contributed by atoms with Gasteiger partial charge in [-0.05, 0) is 49.6 Å². The number of carbonyl (C=O) groups is 1. The maximum absolute atomic E-state index is 13.9. The van der Waals surface area contributed by atoms with Gasteiger partial charge in [0.15, 0.2) is 17.7 Å². The lowest BCUT2D eigenvalue weighted by atomic mass is 9.93. The van der Waals surface area contributed by atoms with Gasteiger partial charge in [0.25, 0.3) is 5.91 Å². The molecule has 1 amide bonds. The number of benzene rings is 1. The molecule has 6 heteroatoms. The first-order chi connectivity index (χ1) is 14.2. The molecule has 0 bridgehead atoms. The summed E-state index contributed by atoms with van der Waals surface area (Å²) >= 11 is 0. The molecule has 1 fully saturated rings. The Balaban J connectivity index is 1.49. The number of amides is 1. The van der Waals surface area contributed by atoms with E-state index in [4.69, 9.17) is 4.74 Å². The molecule has 5 nitrogen and oxygen atoms in total. The zero-order chi connectivity index (χ0) is 20.2. The van der Waals surface area contributed by atoms with Gasteiger partial charge in [-0.2, -0.15) is 0 Å². The fourth-order valence-corrected chi connectivity index (χ4v) is 3.83. The molecule has 0 radical (unpaired) electrons. The predicted molar refractivity (Wildman–Crippen MR) is 109 cm³/mol. The van der Waals surface area contributed by atoms with E-state index >= 15 is 0 Å². The number of fused-ring (bicyclic) bond motifs is 1. The molecule has 3 heterocycles. The molecule has 4 rings (SSSR count). The number of likely N-dealkylation sites (tertiary alicyclic amines) is 1. The van der Waals surface area contributed by atoms with E-state index in [1.54, 1.807) is 24.4 Å². The fourth-order valence-electron chi connectivity index (χ4n) is 3.83. The molecule has 0 N–H and O–H groups in total. The Morgan fingerprint density at radius 3 is 2.97 bits per heavy atom. The van der Waals surface area contributed by atoms with Crippen molar-refractivity contribution in [1.82, 2.24) is 14.9 Å². The molecule has 1 saturated heterocycles. The van der Waals surface area contributed by atoms with Crippen LogP contribution in [-0.4, -0.2) is 40.0 Å². The standard InChI is InChI=1S/C23H24FN3O2/c1-2-21(29-22-10-4-3-9-18(22)24)23(28)27-12-6-8-17(15-27)20-13-19-16(14-26-20)7-5-11-25-19/h3-5,7,9-11,13-14,17,21H,2,6,8,12,15H2,1H3/t17-,21+/m1/s1. The van der Waals surface area contributed by atoms with Gasteiger partial charge in [-0.3, -0.25) is 14.8 Å². The number of rotatable bonds is 5. The third kappa shape index (κ3) is 4.21. The van der Waals surface area contributed by atoms with E-state index in [9.17, 15) is 9.18 Å². The van der Waals surface area contributed by atoms with Crippen molar-refractivity contribution >= 4 is 16.8 Å². The highest BCUT2D eigenvalue weighted by Crippen LogP contribution is 2.28. The largest absolute Gasteiger partial charge is 0.478 e. The van der Waals surface area contributed by atoms with Gasteiger partial charge in [0, 0.05) is 42.5 Å². The second kappa shape index (κ2) is 8.55. The number of aromatic nitrogens is 2. The number of hydrogen-bond donors (Lipinski definition) is 0. The van der Waals surface area contributed by atoms with Crippen LogP contribution in [0.2, 0.25) is 0 Å². The summed E-state index contributed by atoms with van der Waals surface area (Å²) in [6.07, 6.45) is 5.27. The van der Waals surface area contributed by atoms with Crippen LogP contribution in [-0.2, 0) is 4.79 Å². The Morgan fingerprint density at radius 1 is 1.28 bits per heavy atom. The van der Waals surface area contributed by atoms with Crippen LogP contribution in [0.25, 0.3) is 10.9 Å². The van der Waals surface area contributed by atoms with Crippen LogP contribution in [0.5, 0.6) is 5.75 Å².